The topological polar surface area (TPSA) is 96.0 Å². The van der Waals surface area contributed by atoms with Gasteiger partial charge in [0.1, 0.15) is 10.7 Å². The Hall–Kier alpha value is -1.88. The minimum atomic E-state index is -3.78. The van der Waals surface area contributed by atoms with Crippen molar-refractivity contribution in [2.45, 2.75) is 18.4 Å². The minimum Gasteiger partial charge on any atom is -0.361 e. The largest absolute Gasteiger partial charge is 0.361 e. The molecule has 1 aromatic carbocycles. The van der Waals surface area contributed by atoms with E-state index in [0.29, 0.717) is 17.0 Å². The second-order valence-corrected chi connectivity index (χ2v) is 6.15. The molecule has 0 saturated carbocycles. The molecule has 2 rings (SSSR count). The van der Waals surface area contributed by atoms with Crippen LogP contribution in [-0.4, -0.2) is 13.6 Å². The molecule has 0 aliphatic rings. The normalized spacial score (nSPS) is 11.2. The van der Waals surface area contributed by atoms with Gasteiger partial charge in [-0.25, -0.2) is 13.1 Å². The summed E-state index contributed by atoms with van der Waals surface area (Å²) >= 11 is 5.87. The maximum absolute atomic E-state index is 12.1. The number of nitriles is 1. The van der Waals surface area contributed by atoms with Crippen LogP contribution in [-0.2, 0) is 16.6 Å². The van der Waals surface area contributed by atoms with Crippen LogP contribution in [0.2, 0.25) is 5.02 Å². The van der Waals surface area contributed by atoms with Crippen molar-refractivity contribution >= 4 is 21.6 Å². The van der Waals surface area contributed by atoms with E-state index in [4.69, 9.17) is 21.4 Å². The fourth-order valence-electron chi connectivity index (χ4n) is 1.54. The van der Waals surface area contributed by atoms with Crippen molar-refractivity contribution in [3.05, 3.63) is 46.3 Å². The maximum Gasteiger partial charge on any atom is 0.242 e. The van der Waals surface area contributed by atoms with Gasteiger partial charge >= 0.3 is 0 Å². The fraction of sp³-hybridized carbons (Fsp3) is 0.167. The molecule has 20 heavy (non-hydrogen) atoms. The molecule has 0 fully saturated rings. The lowest BCUT2D eigenvalue weighted by Crippen LogP contribution is -2.23. The molecule has 0 unspecified atom stereocenters. The van der Waals surface area contributed by atoms with Crippen LogP contribution < -0.4 is 4.72 Å². The van der Waals surface area contributed by atoms with E-state index in [9.17, 15) is 8.42 Å². The molecular weight excluding hydrogens is 302 g/mol. The summed E-state index contributed by atoms with van der Waals surface area (Å²) < 4.78 is 31.4. The molecule has 6 nitrogen and oxygen atoms in total. The third kappa shape index (κ3) is 3.17. The van der Waals surface area contributed by atoms with Crippen molar-refractivity contribution in [3.63, 3.8) is 0 Å². The predicted octanol–water partition coefficient (Wildman–Crippen LogP) is 1.99. The average molecular weight is 312 g/mol. The van der Waals surface area contributed by atoms with Gasteiger partial charge in [-0.1, -0.05) is 16.8 Å². The lowest BCUT2D eigenvalue weighted by atomic mass is 10.2. The molecule has 0 saturated heterocycles. The van der Waals surface area contributed by atoms with E-state index >= 15 is 0 Å². The Kier molecular flexibility index (Phi) is 4.09. The first-order chi connectivity index (χ1) is 9.42. The number of benzene rings is 1. The van der Waals surface area contributed by atoms with Gasteiger partial charge < -0.3 is 4.52 Å². The lowest BCUT2D eigenvalue weighted by Gasteiger charge is -2.07. The maximum atomic E-state index is 12.1. The molecule has 1 N–H and O–H groups in total. The molecule has 0 radical (unpaired) electrons. The van der Waals surface area contributed by atoms with Crippen LogP contribution in [0, 0.1) is 18.3 Å². The number of nitrogens with zero attached hydrogens (tertiary/aromatic N) is 2. The van der Waals surface area contributed by atoms with E-state index in [0.717, 1.165) is 0 Å². The van der Waals surface area contributed by atoms with Gasteiger partial charge in [-0.3, -0.25) is 0 Å². The van der Waals surface area contributed by atoms with Gasteiger partial charge in [-0.05, 0) is 25.1 Å². The van der Waals surface area contributed by atoms with E-state index < -0.39 is 10.0 Å². The molecular formula is C12H10ClN3O3S. The Morgan fingerprint density at radius 1 is 1.45 bits per heavy atom. The number of nitrogens with one attached hydrogen (secondary N) is 1. The van der Waals surface area contributed by atoms with Crippen molar-refractivity contribution in [2.75, 3.05) is 0 Å². The third-order valence-electron chi connectivity index (χ3n) is 2.47. The number of aromatic nitrogens is 1. The van der Waals surface area contributed by atoms with Crippen molar-refractivity contribution in [2.24, 2.45) is 0 Å². The Labute approximate surface area is 121 Å². The van der Waals surface area contributed by atoms with Gasteiger partial charge in [0.25, 0.3) is 0 Å². The molecule has 104 valence electrons. The van der Waals surface area contributed by atoms with Gasteiger partial charge in [-0.2, -0.15) is 5.26 Å². The zero-order chi connectivity index (χ0) is 14.8. The highest BCUT2D eigenvalue weighted by molar-refractivity contribution is 7.89. The Morgan fingerprint density at radius 3 is 2.75 bits per heavy atom. The average Bonchev–Trinajstić information content (AvgIpc) is 2.82. The smallest absolute Gasteiger partial charge is 0.242 e. The van der Waals surface area contributed by atoms with Crippen LogP contribution >= 0.6 is 11.6 Å². The summed E-state index contributed by atoms with van der Waals surface area (Å²) in [6.07, 6.45) is 0. The predicted molar refractivity (Wildman–Crippen MR) is 71.4 cm³/mol. The fourth-order valence-corrected chi connectivity index (χ4v) is 3.08. The Balaban J connectivity index is 2.20. The third-order valence-corrected chi connectivity index (χ3v) is 4.35. The van der Waals surface area contributed by atoms with Gasteiger partial charge in [0, 0.05) is 6.07 Å². The van der Waals surface area contributed by atoms with Crippen molar-refractivity contribution in [3.8, 4) is 6.07 Å². The monoisotopic (exact) mass is 311 g/mol. The molecule has 2 aromatic rings. The number of sulfonamides is 1. The van der Waals surface area contributed by atoms with Crippen LogP contribution in [0.4, 0.5) is 0 Å². The lowest BCUT2D eigenvalue weighted by molar-refractivity contribution is 0.390. The first-order valence-electron chi connectivity index (χ1n) is 5.54. The van der Waals surface area contributed by atoms with Crippen LogP contribution in [0.25, 0.3) is 0 Å². The summed E-state index contributed by atoms with van der Waals surface area (Å²) in [5.74, 6) is 0.593. The van der Waals surface area contributed by atoms with E-state index in [1.165, 1.54) is 18.2 Å². The van der Waals surface area contributed by atoms with Crippen LogP contribution in [0.3, 0.4) is 0 Å². The van der Waals surface area contributed by atoms with Crippen LogP contribution in [0.15, 0.2) is 33.7 Å². The van der Waals surface area contributed by atoms with E-state index in [2.05, 4.69) is 9.88 Å². The van der Waals surface area contributed by atoms with E-state index in [1.807, 2.05) is 6.07 Å². The summed E-state index contributed by atoms with van der Waals surface area (Å²) in [5.41, 5.74) is 0.761. The molecule has 0 bridgehead atoms. The summed E-state index contributed by atoms with van der Waals surface area (Å²) in [7, 11) is -3.78. The van der Waals surface area contributed by atoms with Crippen molar-refractivity contribution < 1.29 is 12.9 Å². The zero-order valence-corrected chi connectivity index (χ0v) is 12.0. The standard InChI is InChI=1S/C12H10ClN3O3S/c1-8-4-10(16-19-8)7-15-20(17,18)12-3-2-9(6-14)5-11(12)13/h2-5,15H,7H2,1H3. The second kappa shape index (κ2) is 5.63. The first-order valence-corrected chi connectivity index (χ1v) is 7.40. The number of hydrogen-bond donors (Lipinski definition) is 1. The number of halogens is 1. The molecule has 0 amide bonds. The van der Waals surface area contributed by atoms with Crippen molar-refractivity contribution in [1.29, 1.82) is 5.26 Å². The quantitative estimate of drug-likeness (QED) is 0.931. The van der Waals surface area contributed by atoms with Gasteiger partial charge in [0.2, 0.25) is 10.0 Å². The zero-order valence-electron chi connectivity index (χ0n) is 10.4. The first kappa shape index (κ1) is 14.5. The number of hydrogen-bond acceptors (Lipinski definition) is 5. The number of rotatable bonds is 4. The molecule has 0 spiro atoms. The van der Waals surface area contributed by atoms with Gasteiger partial charge in [0.05, 0.1) is 28.9 Å². The van der Waals surface area contributed by atoms with Gasteiger partial charge in [-0.15, -0.1) is 0 Å². The molecule has 0 aliphatic heterocycles. The molecule has 8 heteroatoms. The van der Waals surface area contributed by atoms with E-state index in [-0.39, 0.29) is 16.5 Å². The summed E-state index contributed by atoms with van der Waals surface area (Å²) in [6, 6.07) is 7.49. The Morgan fingerprint density at radius 2 is 2.20 bits per heavy atom. The van der Waals surface area contributed by atoms with Gasteiger partial charge in [0.15, 0.2) is 0 Å². The second-order valence-electron chi connectivity index (χ2n) is 4.01. The Bertz CT molecular complexity index is 777. The minimum absolute atomic E-state index is 0.00396. The highest BCUT2D eigenvalue weighted by atomic mass is 35.5. The highest BCUT2D eigenvalue weighted by Gasteiger charge is 2.18. The molecule has 1 aromatic heterocycles. The summed E-state index contributed by atoms with van der Waals surface area (Å²) in [4.78, 5) is -0.0848. The summed E-state index contributed by atoms with van der Waals surface area (Å²) in [5, 5.41) is 12.4. The van der Waals surface area contributed by atoms with E-state index in [1.54, 1.807) is 13.0 Å². The molecule has 0 aliphatic carbocycles. The molecule has 1 heterocycles. The number of aryl methyl sites for hydroxylation is 1. The highest BCUT2D eigenvalue weighted by Crippen LogP contribution is 2.22. The van der Waals surface area contributed by atoms with Crippen LogP contribution in [0.5, 0.6) is 0 Å². The SMILES string of the molecule is Cc1cc(CNS(=O)(=O)c2ccc(C#N)cc2Cl)no1. The summed E-state index contributed by atoms with van der Waals surface area (Å²) in [6.45, 7) is 1.71. The molecule has 0 atom stereocenters. The van der Waals surface area contributed by atoms with Crippen molar-refractivity contribution in [1.82, 2.24) is 9.88 Å². The van der Waals surface area contributed by atoms with Crippen LogP contribution in [0.1, 0.15) is 17.0 Å².